The van der Waals surface area contributed by atoms with Crippen molar-refractivity contribution < 1.29 is 0 Å². The van der Waals surface area contributed by atoms with Gasteiger partial charge >= 0.3 is 0 Å². The average molecular weight is 682 g/mol. The first-order valence-electron chi connectivity index (χ1n) is 18.3. The first-order chi connectivity index (χ1) is 23.2. The largest absolute Gasteiger partial charge is 0.310 e. The van der Waals surface area contributed by atoms with Gasteiger partial charge in [0.25, 0.3) is 0 Å². The van der Waals surface area contributed by atoms with Crippen LogP contribution in [-0.4, -0.2) is 0 Å². The van der Waals surface area contributed by atoms with E-state index in [1.807, 2.05) is 0 Å². The van der Waals surface area contributed by atoms with Crippen LogP contribution in [0, 0.1) is 69.2 Å². The molecule has 0 fully saturated rings. The number of aryl methyl sites for hydroxylation is 6. The first kappa shape index (κ1) is 37.6. The standard InChI is InChI=1S/C48H60NP/c1-29-25-31(3)44(32(4)26-29)50(45-33(5)27-30(2)28-34(45)6)46-37(9)35(7)43(36(8)38(46)10)49(41-21-17-39(18-22-41)47(11,12)13)42-23-19-40(20-24-42)48(14,15)16/h17-28H,1-16H3. The normalized spacial score (nSPS) is 12.2. The van der Waals surface area contributed by atoms with Crippen LogP contribution in [-0.2, 0) is 10.8 Å². The molecule has 0 saturated heterocycles. The summed E-state index contributed by atoms with van der Waals surface area (Å²) in [4.78, 5) is 2.51. The van der Waals surface area contributed by atoms with Gasteiger partial charge < -0.3 is 4.90 Å². The summed E-state index contributed by atoms with van der Waals surface area (Å²) in [6.45, 7) is 37.0. The molecule has 0 saturated carbocycles. The van der Waals surface area contributed by atoms with Crippen molar-refractivity contribution in [2.45, 2.75) is 122 Å². The molecule has 5 rings (SSSR count). The summed E-state index contributed by atoms with van der Waals surface area (Å²) in [5.74, 6) is 0. The van der Waals surface area contributed by atoms with Gasteiger partial charge in [-0.1, -0.05) is 101 Å². The van der Waals surface area contributed by atoms with Gasteiger partial charge in [0.05, 0.1) is 5.69 Å². The molecule has 0 radical (unpaired) electrons. The summed E-state index contributed by atoms with van der Waals surface area (Å²) in [5.41, 5.74) is 20.3. The Morgan fingerprint density at radius 1 is 0.400 bits per heavy atom. The molecule has 0 atom stereocenters. The van der Waals surface area contributed by atoms with Crippen molar-refractivity contribution in [3.63, 3.8) is 0 Å². The van der Waals surface area contributed by atoms with E-state index in [1.165, 1.54) is 99.7 Å². The molecule has 0 heterocycles. The highest BCUT2D eigenvalue weighted by molar-refractivity contribution is 7.80. The van der Waals surface area contributed by atoms with Gasteiger partial charge in [-0.25, -0.2) is 0 Å². The molecule has 0 unspecified atom stereocenters. The molecule has 1 nitrogen and oxygen atoms in total. The Hall–Kier alpha value is -3.67. The Morgan fingerprint density at radius 2 is 0.700 bits per heavy atom. The predicted octanol–water partition coefficient (Wildman–Crippen LogP) is 12.6. The third-order valence-electron chi connectivity index (χ3n) is 10.7. The summed E-state index contributed by atoms with van der Waals surface area (Å²) in [6, 6.07) is 28.1. The van der Waals surface area contributed by atoms with E-state index >= 15 is 0 Å². The van der Waals surface area contributed by atoms with Gasteiger partial charge in [0.2, 0.25) is 0 Å². The molecule has 262 valence electrons. The van der Waals surface area contributed by atoms with Crippen molar-refractivity contribution in [1.82, 2.24) is 0 Å². The van der Waals surface area contributed by atoms with E-state index in [0.717, 1.165) is 0 Å². The fourth-order valence-corrected chi connectivity index (χ4v) is 11.3. The molecule has 2 heteroatoms. The van der Waals surface area contributed by atoms with Crippen molar-refractivity contribution in [3.05, 3.63) is 140 Å². The Morgan fingerprint density at radius 3 is 0.980 bits per heavy atom. The number of hydrogen-bond donors (Lipinski definition) is 0. The third kappa shape index (κ3) is 7.09. The molecule has 50 heavy (non-hydrogen) atoms. The predicted molar refractivity (Wildman–Crippen MR) is 225 cm³/mol. The van der Waals surface area contributed by atoms with Crippen LogP contribution in [0.1, 0.15) is 108 Å². The fourth-order valence-electron chi connectivity index (χ4n) is 7.96. The highest BCUT2D eigenvalue weighted by Gasteiger charge is 2.31. The molecule has 0 aliphatic rings. The smallest absolute Gasteiger partial charge is 0.0525 e. The van der Waals surface area contributed by atoms with Crippen LogP contribution >= 0.6 is 7.92 Å². The molecule has 0 N–H and O–H groups in total. The maximum Gasteiger partial charge on any atom is 0.0525 e. The summed E-state index contributed by atoms with van der Waals surface area (Å²) in [7, 11) is -0.822. The second-order valence-electron chi connectivity index (χ2n) is 17.0. The molecule has 0 spiro atoms. The Balaban J connectivity index is 1.84. The average Bonchev–Trinajstić information content (AvgIpc) is 3.00. The van der Waals surface area contributed by atoms with Crippen LogP contribution in [0.15, 0.2) is 72.8 Å². The lowest BCUT2D eigenvalue weighted by Gasteiger charge is -2.35. The van der Waals surface area contributed by atoms with Gasteiger partial charge in [-0.15, -0.1) is 0 Å². The van der Waals surface area contributed by atoms with Crippen molar-refractivity contribution in [2.24, 2.45) is 0 Å². The molecule has 5 aromatic carbocycles. The molecule has 0 bridgehead atoms. The van der Waals surface area contributed by atoms with Crippen LogP contribution in [0.5, 0.6) is 0 Å². The van der Waals surface area contributed by atoms with Crippen LogP contribution in [0.3, 0.4) is 0 Å². The molecule has 0 aliphatic heterocycles. The lowest BCUT2D eigenvalue weighted by atomic mass is 9.86. The van der Waals surface area contributed by atoms with Crippen molar-refractivity contribution in [3.8, 4) is 0 Å². The molecule has 0 aromatic heterocycles. The van der Waals surface area contributed by atoms with E-state index in [4.69, 9.17) is 0 Å². The highest BCUT2D eigenvalue weighted by Crippen LogP contribution is 2.47. The quantitative estimate of drug-likeness (QED) is 0.161. The Labute approximate surface area is 305 Å². The minimum Gasteiger partial charge on any atom is -0.310 e. The molecule has 0 aliphatic carbocycles. The van der Waals surface area contributed by atoms with Crippen LogP contribution in [0.25, 0.3) is 0 Å². The van der Waals surface area contributed by atoms with Crippen LogP contribution in [0.2, 0.25) is 0 Å². The van der Waals surface area contributed by atoms with E-state index in [-0.39, 0.29) is 10.8 Å². The lowest BCUT2D eigenvalue weighted by molar-refractivity contribution is 0.590. The zero-order valence-electron chi connectivity index (χ0n) is 33.8. The zero-order chi connectivity index (χ0) is 37.0. The molecule has 0 amide bonds. The molecule has 5 aromatic rings. The van der Waals surface area contributed by atoms with Crippen LogP contribution < -0.4 is 20.8 Å². The lowest BCUT2D eigenvalue weighted by Crippen LogP contribution is -2.32. The molecular formula is C48H60NP. The van der Waals surface area contributed by atoms with E-state index < -0.39 is 7.92 Å². The maximum atomic E-state index is 2.51. The second kappa shape index (κ2) is 13.8. The number of hydrogen-bond acceptors (Lipinski definition) is 1. The van der Waals surface area contributed by atoms with Gasteiger partial charge in [-0.3, -0.25) is 0 Å². The number of benzene rings is 5. The zero-order valence-corrected chi connectivity index (χ0v) is 34.7. The minimum atomic E-state index is -0.822. The minimum absolute atomic E-state index is 0.0913. The monoisotopic (exact) mass is 681 g/mol. The van der Waals surface area contributed by atoms with E-state index in [0.29, 0.717) is 0 Å². The van der Waals surface area contributed by atoms with Gasteiger partial charge in [-0.05, 0) is 184 Å². The Bertz CT molecular complexity index is 1860. The van der Waals surface area contributed by atoms with Crippen LogP contribution in [0.4, 0.5) is 17.1 Å². The first-order valence-corrected chi connectivity index (χ1v) is 19.6. The van der Waals surface area contributed by atoms with E-state index in [9.17, 15) is 0 Å². The van der Waals surface area contributed by atoms with E-state index in [2.05, 4.69) is 188 Å². The van der Waals surface area contributed by atoms with Gasteiger partial charge in [0.15, 0.2) is 0 Å². The summed E-state index contributed by atoms with van der Waals surface area (Å²) in [5, 5.41) is 4.52. The van der Waals surface area contributed by atoms with Crippen molar-refractivity contribution in [2.75, 3.05) is 4.90 Å². The third-order valence-corrected chi connectivity index (χ3v) is 14.1. The Kier molecular flexibility index (Phi) is 10.4. The second-order valence-corrected chi connectivity index (χ2v) is 19.0. The van der Waals surface area contributed by atoms with E-state index in [1.54, 1.807) is 0 Å². The highest BCUT2D eigenvalue weighted by atomic mass is 31.1. The number of anilines is 3. The summed E-state index contributed by atoms with van der Waals surface area (Å²) >= 11 is 0. The maximum absolute atomic E-state index is 2.51. The summed E-state index contributed by atoms with van der Waals surface area (Å²) < 4.78 is 0. The fraction of sp³-hybridized carbons (Fsp3) is 0.375. The SMILES string of the molecule is Cc1cc(C)c(P(c2c(C)cc(C)cc2C)c2c(C)c(C)c(N(c3ccc(C(C)(C)C)cc3)c3ccc(C(C)(C)C)cc3)c(C)c2C)c(C)c1. The van der Waals surface area contributed by atoms with Gasteiger partial charge in [0.1, 0.15) is 0 Å². The van der Waals surface area contributed by atoms with Gasteiger partial charge in [-0.2, -0.15) is 0 Å². The summed E-state index contributed by atoms with van der Waals surface area (Å²) in [6.07, 6.45) is 0. The van der Waals surface area contributed by atoms with Crippen molar-refractivity contribution in [1.29, 1.82) is 0 Å². The van der Waals surface area contributed by atoms with Gasteiger partial charge in [0, 0.05) is 11.4 Å². The van der Waals surface area contributed by atoms with Crippen molar-refractivity contribution >= 4 is 40.9 Å². The topological polar surface area (TPSA) is 3.24 Å². The number of rotatable bonds is 6. The molecular weight excluding hydrogens is 622 g/mol. The number of nitrogens with zero attached hydrogens (tertiary/aromatic N) is 1.